The van der Waals surface area contributed by atoms with Crippen LogP contribution < -0.4 is 10.2 Å². The summed E-state index contributed by atoms with van der Waals surface area (Å²) in [5.41, 5.74) is 0.355. The van der Waals surface area contributed by atoms with E-state index >= 15 is 0 Å². The molecule has 1 aromatic carbocycles. The smallest absolute Gasteiger partial charge is 0.409 e. The Hall–Kier alpha value is -1.93. The molecular formula is C16H21F2N3O3. The maximum absolute atomic E-state index is 13.8. The van der Waals surface area contributed by atoms with Gasteiger partial charge in [-0.1, -0.05) is 0 Å². The van der Waals surface area contributed by atoms with Gasteiger partial charge in [0.2, 0.25) is 0 Å². The molecule has 1 unspecified atom stereocenters. The van der Waals surface area contributed by atoms with Crippen LogP contribution in [0.2, 0.25) is 0 Å². The number of anilines is 1. The average molecular weight is 341 g/mol. The van der Waals surface area contributed by atoms with E-state index in [4.69, 9.17) is 9.47 Å². The van der Waals surface area contributed by atoms with E-state index in [-0.39, 0.29) is 18.7 Å². The highest BCUT2D eigenvalue weighted by molar-refractivity contribution is 5.68. The highest BCUT2D eigenvalue weighted by atomic mass is 19.1. The number of carbonyl (C=O) groups excluding carboxylic acids is 1. The Morgan fingerprint density at radius 3 is 2.75 bits per heavy atom. The summed E-state index contributed by atoms with van der Waals surface area (Å²) in [4.78, 5) is 15.5. The number of piperazine rings is 1. The molecule has 1 atom stereocenters. The maximum atomic E-state index is 13.8. The van der Waals surface area contributed by atoms with Crippen LogP contribution in [-0.2, 0) is 9.47 Å². The molecule has 2 heterocycles. The van der Waals surface area contributed by atoms with Gasteiger partial charge in [-0.25, -0.2) is 13.6 Å². The van der Waals surface area contributed by atoms with E-state index in [2.05, 4.69) is 5.32 Å². The van der Waals surface area contributed by atoms with Gasteiger partial charge < -0.3 is 24.6 Å². The minimum absolute atomic E-state index is 0.0253. The van der Waals surface area contributed by atoms with Crippen molar-refractivity contribution in [3.05, 3.63) is 29.8 Å². The van der Waals surface area contributed by atoms with Gasteiger partial charge in [-0.15, -0.1) is 0 Å². The van der Waals surface area contributed by atoms with Gasteiger partial charge in [-0.2, -0.15) is 0 Å². The first-order valence-corrected chi connectivity index (χ1v) is 8.06. The van der Waals surface area contributed by atoms with Crippen LogP contribution in [0.3, 0.4) is 0 Å². The lowest BCUT2D eigenvalue weighted by molar-refractivity contribution is 0.0368. The molecule has 2 aliphatic rings. The molecule has 0 aliphatic carbocycles. The zero-order chi connectivity index (χ0) is 16.9. The van der Waals surface area contributed by atoms with Crippen molar-refractivity contribution in [3.63, 3.8) is 0 Å². The number of ether oxygens (including phenoxy) is 2. The van der Waals surface area contributed by atoms with Crippen LogP contribution in [0.1, 0.15) is 0 Å². The van der Waals surface area contributed by atoms with Gasteiger partial charge in [0.1, 0.15) is 18.2 Å². The summed E-state index contributed by atoms with van der Waals surface area (Å²) in [6, 6.07) is 3.55. The van der Waals surface area contributed by atoms with Gasteiger partial charge in [0.05, 0.1) is 24.9 Å². The molecule has 8 heteroatoms. The molecule has 2 saturated heterocycles. The number of morpholine rings is 1. The first-order chi connectivity index (χ1) is 11.6. The van der Waals surface area contributed by atoms with Crippen molar-refractivity contribution in [1.82, 2.24) is 10.2 Å². The highest BCUT2D eigenvalue weighted by Crippen LogP contribution is 2.21. The fraction of sp³-hybridized carbons (Fsp3) is 0.562. The number of carbonyl (C=O) groups is 1. The number of benzene rings is 1. The Balaban J connectivity index is 1.46. The van der Waals surface area contributed by atoms with Crippen LogP contribution in [0.4, 0.5) is 19.3 Å². The average Bonchev–Trinajstić information content (AvgIpc) is 2.61. The largest absolute Gasteiger partial charge is 0.448 e. The molecule has 0 radical (unpaired) electrons. The predicted octanol–water partition coefficient (Wildman–Crippen LogP) is 1.21. The summed E-state index contributed by atoms with van der Waals surface area (Å²) >= 11 is 0. The van der Waals surface area contributed by atoms with Crippen LogP contribution in [0, 0.1) is 11.6 Å². The van der Waals surface area contributed by atoms with E-state index < -0.39 is 11.6 Å². The summed E-state index contributed by atoms with van der Waals surface area (Å²) in [5, 5.41) is 3.22. The summed E-state index contributed by atoms with van der Waals surface area (Å²) in [5.74, 6) is -1.19. The maximum Gasteiger partial charge on any atom is 0.409 e. The van der Waals surface area contributed by atoms with Crippen molar-refractivity contribution in [2.24, 2.45) is 0 Å². The van der Waals surface area contributed by atoms with Crippen LogP contribution >= 0.6 is 0 Å². The molecule has 6 nitrogen and oxygen atoms in total. The minimum Gasteiger partial charge on any atom is -0.448 e. The Morgan fingerprint density at radius 2 is 2.08 bits per heavy atom. The number of hydrogen-bond acceptors (Lipinski definition) is 5. The van der Waals surface area contributed by atoms with Gasteiger partial charge in [0, 0.05) is 38.8 Å². The molecule has 0 saturated carbocycles. The van der Waals surface area contributed by atoms with Crippen LogP contribution in [0.5, 0.6) is 0 Å². The minimum atomic E-state index is -0.598. The lowest BCUT2D eigenvalue weighted by atomic mass is 10.2. The predicted molar refractivity (Wildman–Crippen MR) is 84.1 cm³/mol. The SMILES string of the molecule is O=C(OCC1COCCN1)N1CCN(c2ccc(F)cc2F)CC1. The number of halogens is 2. The van der Waals surface area contributed by atoms with Crippen molar-refractivity contribution in [3.8, 4) is 0 Å². The molecule has 1 amide bonds. The first-order valence-electron chi connectivity index (χ1n) is 8.06. The van der Waals surface area contributed by atoms with Gasteiger partial charge >= 0.3 is 6.09 Å². The van der Waals surface area contributed by atoms with Gasteiger partial charge in [-0.05, 0) is 12.1 Å². The summed E-state index contributed by atoms with van der Waals surface area (Å²) in [6.45, 7) is 4.05. The second kappa shape index (κ2) is 7.76. The van der Waals surface area contributed by atoms with Crippen LogP contribution in [0.15, 0.2) is 18.2 Å². The van der Waals surface area contributed by atoms with E-state index in [0.717, 1.165) is 12.6 Å². The number of rotatable bonds is 3. The van der Waals surface area contributed by atoms with Crippen molar-refractivity contribution in [2.45, 2.75) is 6.04 Å². The topological polar surface area (TPSA) is 54.0 Å². The van der Waals surface area contributed by atoms with Gasteiger partial charge in [0.15, 0.2) is 0 Å². The second-order valence-electron chi connectivity index (χ2n) is 5.87. The molecule has 3 rings (SSSR count). The molecule has 0 bridgehead atoms. The number of hydrogen-bond donors (Lipinski definition) is 1. The third-order valence-electron chi connectivity index (χ3n) is 4.19. The fourth-order valence-corrected chi connectivity index (χ4v) is 2.86. The molecular weight excluding hydrogens is 320 g/mol. The van der Waals surface area contributed by atoms with Crippen molar-refractivity contribution in [1.29, 1.82) is 0 Å². The normalized spacial score (nSPS) is 21.7. The molecule has 2 aliphatic heterocycles. The van der Waals surface area contributed by atoms with Crippen molar-refractivity contribution in [2.75, 3.05) is 57.4 Å². The van der Waals surface area contributed by atoms with Crippen LogP contribution in [0.25, 0.3) is 0 Å². The highest BCUT2D eigenvalue weighted by Gasteiger charge is 2.25. The lowest BCUT2D eigenvalue weighted by Crippen LogP contribution is -2.50. The van der Waals surface area contributed by atoms with Crippen molar-refractivity contribution < 1.29 is 23.0 Å². The third kappa shape index (κ3) is 4.12. The molecule has 132 valence electrons. The van der Waals surface area contributed by atoms with Crippen LogP contribution in [-0.4, -0.2) is 69.6 Å². The number of amides is 1. The molecule has 2 fully saturated rings. The zero-order valence-electron chi connectivity index (χ0n) is 13.3. The third-order valence-corrected chi connectivity index (χ3v) is 4.19. The van der Waals surface area contributed by atoms with E-state index in [1.807, 2.05) is 0 Å². The zero-order valence-corrected chi connectivity index (χ0v) is 13.3. The summed E-state index contributed by atoms with van der Waals surface area (Å²) < 4.78 is 37.4. The molecule has 1 N–H and O–H groups in total. The molecule has 1 aromatic rings. The number of nitrogens with zero attached hydrogens (tertiary/aromatic N) is 2. The Bertz CT molecular complexity index is 574. The Kier molecular flexibility index (Phi) is 5.47. The molecule has 0 spiro atoms. The quantitative estimate of drug-likeness (QED) is 0.896. The number of nitrogens with one attached hydrogen (secondary N) is 1. The first kappa shape index (κ1) is 16.9. The lowest BCUT2D eigenvalue weighted by Gasteiger charge is -2.36. The van der Waals surface area contributed by atoms with E-state index in [1.54, 1.807) is 9.80 Å². The fourth-order valence-electron chi connectivity index (χ4n) is 2.86. The van der Waals surface area contributed by atoms with Crippen molar-refractivity contribution >= 4 is 11.8 Å². The summed E-state index contributed by atoms with van der Waals surface area (Å²) in [7, 11) is 0. The van der Waals surface area contributed by atoms with Gasteiger partial charge in [0.25, 0.3) is 0 Å². The second-order valence-corrected chi connectivity index (χ2v) is 5.87. The monoisotopic (exact) mass is 341 g/mol. The van der Waals surface area contributed by atoms with Gasteiger partial charge in [-0.3, -0.25) is 0 Å². The standard InChI is InChI=1S/C16H21F2N3O3/c17-12-1-2-15(14(18)9-12)20-4-6-21(7-5-20)16(22)24-11-13-10-23-8-3-19-13/h1-2,9,13,19H,3-8,10-11H2. The van der Waals surface area contributed by atoms with E-state index in [1.165, 1.54) is 12.1 Å². The Morgan fingerprint density at radius 1 is 1.29 bits per heavy atom. The Labute approximate surface area is 139 Å². The summed E-state index contributed by atoms with van der Waals surface area (Å²) in [6.07, 6.45) is -0.374. The van der Waals surface area contributed by atoms with E-state index in [0.29, 0.717) is 45.1 Å². The van der Waals surface area contributed by atoms with E-state index in [9.17, 15) is 13.6 Å². The molecule has 0 aromatic heterocycles. The molecule has 24 heavy (non-hydrogen) atoms.